The number of amides is 1. The topological polar surface area (TPSA) is 86.5 Å². The lowest BCUT2D eigenvalue weighted by Gasteiger charge is -2.20. The van der Waals surface area contributed by atoms with Gasteiger partial charge in [0.2, 0.25) is 5.82 Å². The van der Waals surface area contributed by atoms with Crippen molar-refractivity contribution in [1.82, 2.24) is 10.1 Å². The maximum atomic E-state index is 11.5. The molecule has 0 atom stereocenters. The van der Waals surface area contributed by atoms with Crippen LogP contribution in [0, 0.1) is 0 Å². The molecule has 0 saturated carbocycles. The molecule has 1 aliphatic rings. The fourth-order valence-corrected chi connectivity index (χ4v) is 2.35. The van der Waals surface area contributed by atoms with Crippen LogP contribution in [0.5, 0.6) is 11.5 Å². The van der Waals surface area contributed by atoms with Gasteiger partial charge in [0.15, 0.2) is 13.2 Å². The average Bonchev–Trinajstić information content (AvgIpc) is 3.10. The van der Waals surface area contributed by atoms with Crippen molar-refractivity contribution in [2.75, 3.05) is 11.9 Å². The van der Waals surface area contributed by atoms with Crippen molar-refractivity contribution in [3.05, 3.63) is 54.4 Å². The molecule has 120 valence electrons. The standard InChI is InChI=1S/C17H13N3O4/c21-14-9-22-12-7-4-8-13(16(12)18-14)23-10-15-19-17(20-24-15)11-5-2-1-3-6-11/h1-8H,9-10H2,(H,18,21). The van der Waals surface area contributed by atoms with E-state index >= 15 is 0 Å². The van der Waals surface area contributed by atoms with E-state index in [1.54, 1.807) is 18.2 Å². The van der Waals surface area contributed by atoms with Gasteiger partial charge in [-0.1, -0.05) is 41.6 Å². The first-order valence-electron chi connectivity index (χ1n) is 7.36. The lowest BCUT2D eigenvalue weighted by molar-refractivity contribution is -0.118. The number of carbonyl (C=O) groups is 1. The van der Waals surface area contributed by atoms with Crippen LogP contribution in [0.15, 0.2) is 53.1 Å². The number of hydrogen-bond acceptors (Lipinski definition) is 6. The highest BCUT2D eigenvalue weighted by molar-refractivity contribution is 5.97. The number of nitrogens with zero attached hydrogens (tertiary/aromatic N) is 2. The van der Waals surface area contributed by atoms with Gasteiger partial charge in [-0.15, -0.1) is 0 Å². The van der Waals surface area contributed by atoms with E-state index in [-0.39, 0.29) is 19.1 Å². The molecule has 1 amide bonds. The first kappa shape index (κ1) is 14.3. The molecule has 2 heterocycles. The number of hydrogen-bond donors (Lipinski definition) is 1. The van der Waals surface area contributed by atoms with Crippen molar-refractivity contribution >= 4 is 11.6 Å². The number of carbonyl (C=O) groups excluding carboxylic acids is 1. The van der Waals surface area contributed by atoms with Gasteiger partial charge in [-0.3, -0.25) is 4.79 Å². The molecular formula is C17H13N3O4. The molecule has 0 spiro atoms. The van der Waals surface area contributed by atoms with Crippen molar-refractivity contribution in [3.8, 4) is 22.9 Å². The van der Waals surface area contributed by atoms with Crippen molar-refractivity contribution in [1.29, 1.82) is 0 Å². The van der Waals surface area contributed by atoms with Crippen LogP contribution in [-0.2, 0) is 11.4 Å². The van der Waals surface area contributed by atoms with Gasteiger partial charge in [0.25, 0.3) is 11.8 Å². The van der Waals surface area contributed by atoms with Gasteiger partial charge in [0.1, 0.15) is 17.2 Å². The number of aromatic nitrogens is 2. The van der Waals surface area contributed by atoms with Crippen LogP contribution in [-0.4, -0.2) is 22.7 Å². The van der Waals surface area contributed by atoms with Crippen LogP contribution in [0.2, 0.25) is 0 Å². The smallest absolute Gasteiger partial charge is 0.264 e. The number of ether oxygens (including phenoxy) is 2. The van der Waals surface area contributed by atoms with E-state index in [9.17, 15) is 4.79 Å². The van der Waals surface area contributed by atoms with Gasteiger partial charge in [0.05, 0.1) is 0 Å². The molecule has 0 fully saturated rings. The van der Waals surface area contributed by atoms with Crippen LogP contribution in [0.3, 0.4) is 0 Å². The van der Waals surface area contributed by atoms with Crippen molar-refractivity contribution in [2.45, 2.75) is 6.61 Å². The van der Waals surface area contributed by atoms with Crippen LogP contribution < -0.4 is 14.8 Å². The summed E-state index contributed by atoms with van der Waals surface area (Å²) >= 11 is 0. The molecule has 7 heteroatoms. The zero-order valence-corrected chi connectivity index (χ0v) is 12.6. The highest BCUT2D eigenvalue weighted by atomic mass is 16.5. The zero-order valence-electron chi connectivity index (χ0n) is 12.6. The molecule has 1 N–H and O–H groups in total. The second kappa shape index (κ2) is 6.04. The minimum absolute atomic E-state index is 0.000544. The Hall–Kier alpha value is -3.35. The molecule has 0 saturated heterocycles. The first-order valence-corrected chi connectivity index (χ1v) is 7.36. The Balaban J connectivity index is 1.50. The molecule has 4 rings (SSSR count). The molecule has 1 aliphatic heterocycles. The number of nitrogens with one attached hydrogen (secondary N) is 1. The summed E-state index contributed by atoms with van der Waals surface area (Å²) in [6.07, 6.45) is 0. The second-order valence-corrected chi connectivity index (χ2v) is 5.13. The van der Waals surface area contributed by atoms with E-state index in [0.717, 1.165) is 5.56 Å². The van der Waals surface area contributed by atoms with E-state index in [2.05, 4.69) is 15.5 Å². The summed E-state index contributed by atoms with van der Waals surface area (Å²) < 4.78 is 16.2. The van der Waals surface area contributed by atoms with Crippen LogP contribution in [0.25, 0.3) is 11.4 Å². The highest BCUT2D eigenvalue weighted by Gasteiger charge is 2.20. The van der Waals surface area contributed by atoms with Crippen molar-refractivity contribution < 1.29 is 18.8 Å². The summed E-state index contributed by atoms with van der Waals surface area (Å²) in [5.41, 5.74) is 1.38. The summed E-state index contributed by atoms with van der Waals surface area (Å²) in [6, 6.07) is 14.8. The molecule has 0 unspecified atom stereocenters. The first-order chi connectivity index (χ1) is 11.8. The Labute approximate surface area is 137 Å². The normalized spacial score (nSPS) is 12.9. The molecule has 7 nitrogen and oxygen atoms in total. The number of para-hydroxylation sites is 1. The van der Waals surface area contributed by atoms with Gasteiger partial charge in [-0.05, 0) is 12.1 Å². The van der Waals surface area contributed by atoms with Gasteiger partial charge in [-0.2, -0.15) is 4.98 Å². The maximum absolute atomic E-state index is 11.5. The second-order valence-electron chi connectivity index (χ2n) is 5.13. The monoisotopic (exact) mass is 323 g/mol. The SMILES string of the molecule is O=C1COc2cccc(OCc3nc(-c4ccccc4)no3)c2N1. The Kier molecular flexibility index (Phi) is 3.59. The number of fused-ring (bicyclic) bond motifs is 1. The molecule has 3 aromatic rings. The molecule has 1 aromatic heterocycles. The summed E-state index contributed by atoms with van der Waals surface area (Å²) in [5.74, 6) is 1.68. The lowest BCUT2D eigenvalue weighted by Crippen LogP contribution is -2.25. The van der Waals surface area contributed by atoms with E-state index < -0.39 is 0 Å². The van der Waals surface area contributed by atoms with E-state index in [4.69, 9.17) is 14.0 Å². The largest absolute Gasteiger partial charge is 0.481 e. The van der Waals surface area contributed by atoms with Gasteiger partial charge >= 0.3 is 0 Å². The van der Waals surface area contributed by atoms with E-state index in [1.807, 2.05) is 30.3 Å². The summed E-state index contributed by atoms with van der Waals surface area (Å²) in [6.45, 7) is 0.0900. The third-order valence-electron chi connectivity index (χ3n) is 3.46. The zero-order chi connectivity index (χ0) is 16.4. The van der Waals surface area contributed by atoms with Gasteiger partial charge < -0.3 is 19.3 Å². The maximum Gasteiger partial charge on any atom is 0.264 e. The van der Waals surface area contributed by atoms with E-state index in [1.165, 1.54) is 0 Å². The predicted molar refractivity (Wildman–Crippen MR) is 84.6 cm³/mol. The number of benzene rings is 2. The van der Waals surface area contributed by atoms with Gasteiger partial charge in [-0.25, -0.2) is 0 Å². The summed E-state index contributed by atoms with van der Waals surface area (Å²) in [5, 5.41) is 6.68. The van der Waals surface area contributed by atoms with Crippen molar-refractivity contribution in [2.24, 2.45) is 0 Å². The van der Waals surface area contributed by atoms with Gasteiger partial charge in [0, 0.05) is 5.56 Å². The lowest BCUT2D eigenvalue weighted by atomic mass is 10.2. The predicted octanol–water partition coefficient (Wildman–Crippen LogP) is 2.65. The van der Waals surface area contributed by atoms with Crippen LogP contribution >= 0.6 is 0 Å². The Morgan fingerprint density at radius 1 is 1.12 bits per heavy atom. The summed E-state index contributed by atoms with van der Waals surface area (Å²) in [4.78, 5) is 15.8. The quantitative estimate of drug-likeness (QED) is 0.794. The highest BCUT2D eigenvalue weighted by Crippen LogP contribution is 2.36. The Bertz CT molecular complexity index is 877. The third-order valence-corrected chi connectivity index (χ3v) is 3.46. The molecular weight excluding hydrogens is 310 g/mol. The Morgan fingerprint density at radius 2 is 2.00 bits per heavy atom. The molecule has 0 bridgehead atoms. The molecule has 24 heavy (non-hydrogen) atoms. The van der Waals surface area contributed by atoms with Crippen LogP contribution in [0.1, 0.15) is 5.89 Å². The van der Waals surface area contributed by atoms with E-state index in [0.29, 0.717) is 28.9 Å². The number of rotatable bonds is 4. The Morgan fingerprint density at radius 3 is 2.88 bits per heavy atom. The third kappa shape index (κ3) is 2.79. The summed E-state index contributed by atoms with van der Waals surface area (Å²) in [7, 11) is 0. The molecule has 0 radical (unpaired) electrons. The average molecular weight is 323 g/mol. The van der Waals surface area contributed by atoms with Crippen molar-refractivity contribution in [3.63, 3.8) is 0 Å². The minimum atomic E-state index is -0.220. The fourth-order valence-electron chi connectivity index (χ4n) is 2.35. The molecule has 2 aromatic carbocycles. The minimum Gasteiger partial charge on any atom is -0.481 e. The number of anilines is 1. The fraction of sp³-hybridized carbons (Fsp3) is 0.118. The van der Waals surface area contributed by atoms with Crippen LogP contribution in [0.4, 0.5) is 5.69 Å². The molecule has 0 aliphatic carbocycles.